The highest BCUT2D eigenvalue weighted by Crippen LogP contribution is 2.40. The van der Waals surface area contributed by atoms with Crippen LogP contribution in [0.2, 0.25) is 0 Å². The van der Waals surface area contributed by atoms with Crippen molar-refractivity contribution in [3.63, 3.8) is 0 Å². The minimum Gasteiger partial charge on any atom is -0.497 e. The van der Waals surface area contributed by atoms with Gasteiger partial charge >= 0.3 is 11.9 Å². The summed E-state index contributed by atoms with van der Waals surface area (Å²) in [6.07, 6.45) is 0.128. The van der Waals surface area contributed by atoms with E-state index in [1.54, 1.807) is 33.1 Å². The van der Waals surface area contributed by atoms with Gasteiger partial charge in [0, 0.05) is 20.5 Å². The molecule has 2 aromatic carbocycles. The van der Waals surface area contributed by atoms with Crippen LogP contribution in [0, 0.1) is 0 Å². The molecule has 0 atom stereocenters. The Hall–Kier alpha value is -2.38. The number of esters is 2. The smallest absolute Gasteiger partial charge is 0.329 e. The second-order valence-electron chi connectivity index (χ2n) is 6.66. The molecular formula is C23H23BrO5S. The molecule has 0 aliphatic carbocycles. The fraction of sp³-hybridized carbons (Fsp3) is 0.304. The fourth-order valence-electron chi connectivity index (χ4n) is 3.30. The second-order valence-corrected chi connectivity index (χ2v) is 8.66. The number of halogens is 1. The lowest BCUT2D eigenvalue weighted by Crippen LogP contribution is -2.47. The summed E-state index contributed by atoms with van der Waals surface area (Å²) in [6, 6.07) is 15.0. The maximum absolute atomic E-state index is 13.3. The molecule has 5 nitrogen and oxygen atoms in total. The van der Waals surface area contributed by atoms with Gasteiger partial charge in [0.2, 0.25) is 5.41 Å². The first-order valence-electron chi connectivity index (χ1n) is 9.61. The Kier molecular flexibility index (Phi) is 7.15. The molecule has 0 aliphatic rings. The van der Waals surface area contributed by atoms with Gasteiger partial charge in [-0.2, -0.15) is 0 Å². The lowest BCUT2D eigenvalue weighted by molar-refractivity contribution is -0.164. The molecule has 1 heterocycles. The standard InChI is InChI=1S/C23H23BrO5S/c1-4-28-21(25)23(22(26)29-5-2,14-15-6-9-18(27-3)10-7-15)20-13-16-12-17(24)8-11-19(16)30-20/h6-13H,4-5,14H2,1-3H3. The molecule has 3 rings (SSSR count). The molecule has 0 fully saturated rings. The average Bonchev–Trinajstić information content (AvgIpc) is 3.16. The number of fused-ring (bicyclic) bond motifs is 1. The van der Waals surface area contributed by atoms with E-state index in [9.17, 15) is 9.59 Å². The van der Waals surface area contributed by atoms with Gasteiger partial charge in [0.25, 0.3) is 0 Å². The third-order valence-corrected chi connectivity index (χ3v) is 6.55. The van der Waals surface area contributed by atoms with Crippen LogP contribution >= 0.6 is 27.3 Å². The van der Waals surface area contributed by atoms with Crippen LogP contribution in [0.3, 0.4) is 0 Å². The van der Waals surface area contributed by atoms with Gasteiger partial charge in [-0.1, -0.05) is 28.1 Å². The summed E-state index contributed by atoms with van der Waals surface area (Å²) in [5.74, 6) is -0.516. The van der Waals surface area contributed by atoms with Crippen molar-refractivity contribution in [3.8, 4) is 5.75 Å². The van der Waals surface area contributed by atoms with Crippen molar-refractivity contribution < 1.29 is 23.8 Å². The molecule has 7 heteroatoms. The summed E-state index contributed by atoms with van der Waals surface area (Å²) in [7, 11) is 1.59. The van der Waals surface area contributed by atoms with Gasteiger partial charge in [-0.15, -0.1) is 11.3 Å². The summed E-state index contributed by atoms with van der Waals surface area (Å²) in [5.41, 5.74) is -0.785. The molecule has 0 aliphatic heterocycles. The third-order valence-electron chi connectivity index (χ3n) is 4.78. The highest BCUT2D eigenvalue weighted by molar-refractivity contribution is 9.10. The topological polar surface area (TPSA) is 61.8 Å². The molecule has 0 spiro atoms. The van der Waals surface area contributed by atoms with Crippen LogP contribution in [0.4, 0.5) is 0 Å². The van der Waals surface area contributed by atoms with Crippen molar-refractivity contribution in [2.24, 2.45) is 0 Å². The van der Waals surface area contributed by atoms with Crippen LogP contribution in [0.1, 0.15) is 24.3 Å². The minimum absolute atomic E-state index is 0.128. The zero-order valence-corrected chi connectivity index (χ0v) is 19.5. The number of thiophene rings is 1. The second kappa shape index (κ2) is 9.62. The zero-order valence-electron chi connectivity index (χ0n) is 17.1. The number of carbonyl (C=O) groups excluding carboxylic acids is 2. The van der Waals surface area contributed by atoms with Crippen molar-refractivity contribution in [1.29, 1.82) is 0 Å². The van der Waals surface area contributed by atoms with E-state index in [-0.39, 0.29) is 19.6 Å². The summed E-state index contributed by atoms with van der Waals surface area (Å²) in [6.45, 7) is 3.78. The zero-order chi connectivity index (χ0) is 21.7. The number of hydrogen-bond donors (Lipinski definition) is 0. The quantitative estimate of drug-likeness (QED) is 0.317. The van der Waals surface area contributed by atoms with Crippen molar-refractivity contribution in [2.75, 3.05) is 20.3 Å². The van der Waals surface area contributed by atoms with E-state index in [2.05, 4.69) is 15.9 Å². The number of hydrogen-bond acceptors (Lipinski definition) is 6. The fourth-order valence-corrected chi connectivity index (χ4v) is 4.89. The lowest BCUT2D eigenvalue weighted by Gasteiger charge is -2.28. The summed E-state index contributed by atoms with van der Waals surface area (Å²) >= 11 is 4.88. The Morgan fingerprint density at radius 2 is 1.60 bits per heavy atom. The Bertz CT molecular complexity index is 1020. The predicted molar refractivity (Wildman–Crippen MR) is 121 cm³/mol. The first-order valence-corrected chi connectivity index (χ1v) is 11.2. The Balaban J connectivity index is 2.19. The van der Waals surface area contributed by atoms with E-state index in [0.29, 0.717) is 10.6 Å². The molecule has 0 radical (unpaired) electrons. The predicted octanol–water partition coefficient (Wildman–Crippen LogP) is 5.28. The van der Waals surface area contributed by atoms with Gasteiger partial charge in [0.15, 0.2) is 0 Å². The number of carbonyl (C=O) groups is 2. The maximum Gasteiger partial charge on any atom is 0.329 e. The lowest BCUT2D eigenvalue weighted by atomic mass is 9.79. The van der Waals surface area contributed by atoms with Crippen molar-refractivity contribution in [3.05, 3.63) is 63.4 Å². The Labute approximate surface area is 188 Å². The molecule has 158 valence electrons. The van der Waals surface area contributed by atoms with Crippen molar-refractivity contribution in [2.45, 2.75) is 25.7 Å². The monoisotopic (exact) mass is 490 g/mol. The van der Waals surface area contributed by atoms with Crippen molar-refractivity contribution in [1.82, 2.24) is 0 Å². The molecule has 30 heavy (non-hydrogen) atoms. The van der Waals surface area contributed by atoms with Crippen LogP contribution in [-0.2, 0) is 30.9 Å². The van der Waals surface area contributed by atoms with E-state index < -0.39 is 17.4 Å². The highest BCUT2D eigenvalue weighted by atomic mass is 79.9. The Morgan fingerprint density at radius 1 is 0.967 bits per heavy atom. The van der Waals surface area contributed by atoms with E-state index in [4.69, 9.17) is 14.2 Å². The molecular weight excluding hydrogens is 468 g/mol. The van der Waals surface area contributed by atoms with Crippen LogP contribution in [-0.4, -0.2) is 32.3 Å². The molecule has 3 aromatic rings. The van der Waals surface area contributed by atoms with E-state index in [1.165, 1.54) is 11.3 Å². The summed E-state index contributed by atoms with van der Waals surface area (Å²) < 4.78 is 17.9. The van der Waals surface area contributed by atoms with Crippen LogP contribution in [0.25, 0.3) is 10.1 Å². The molecule has 0 saturated heterocycles. The Morgan fingerprint density at radius 3 is 2.17 bits per heavy atom. The number of benzene rings is 2. The molecule has 0 amide bonds. The van der Waals surface area contributed by atoms with E-state index in [1.807, 2.05) is 36.4 Å². The summed E-state index contributed by atoms with van der Waals surface area (Å²) in [4.78, 5) is 27.2. The average molecular weight is 491 g/mol. The maximum atomic E-state index is 13.3. The number of methoxy groups -OCH3 is 1. The van der Waals surface area contributed by atoms with Gasteiger partial charge in [-0.05, 0) is 61.2 Å². The first kappa shape index (κ1) is 22.3. The molecule has 0 unspecified atom stereocenters. The number of ether oxygens (including phenoxy) is 3. The van der Waals surface area contributed by atoms with Gasteiger partial charge < -0.3 is 14.2 Å². The molecule has 1 aromatic heterocycles. The van der Waals surface area contributed by atoms with Gasteiger partial charge in [0.1, 0.15) is 5.75 Å². The SMILES string of the molecule is CCOC(=O)C(Cc1ccc(OC)cc1)(C(=O)OCC)c1cc2cc(Br)ccc2s1. The summed E-state index contributed by atoms with van der Waals surface area (Å²) in [5, 5.41) is 0.942. The first-order chi connectivity index (χ1) is 14.4. The van der Waals surface area contributed by atoms with Crippen LogP contribution in [0.5, 0.6) is 5.75 Å². The van der Waals surface area contributed by atoms with Gasteiger partial charge in [-0.3, -0.25) is 9.59 Å². The van der Waals surface area contributed by atoms with E-state index >= 15 is 0 Å². The largest absolute Gasteiger partial charge is 0.497 e. The van der Waals surface area contributed by atoms with Gasteiger partial charge in [0.05, 0.1) is 20.3 Å². The van der Waals surface area contributed by atoms with Crippen LogP contribution in [0.15, 0.2) is 53.0 Å². The third kappa shape index (κ3) is 4.37. The minimum atomic E-state index is -1.59. The highest BCUT2D eigenvalue weighted by Gasteiger charge is 2.52. The molecule has 0 bridgehead atoms. The number of rotatable bonds is 8. The molecule has 0 saturated carbocycles. The van der Waals surface area contributed by atoms with Gasteiger partial charge in [-0.25, -0.2) is 0 Å². The van der Waals surface area contributed by atoms with E-state index in [0.717, 1.165) is 20.1 Å². The van der Waals surface area contributed by atoms with Crippen LogP contribution < -0.4 is 4.74 Å². The molecule has 0 N–H and O–H groups in total. The normalized spacial score (nSPS) is 11.3. The van der Waals surface area contributed by atoms with Crippen molar-refractivity contribution >= 4 is 49.3 Å².